The highest BCUT2D eigenvalue weighted by Gasteiger charge is 1.97. The predicted octanol–water partition coefficient (Wildman–Crippen LogP) is 2.57. The Morgan fingerprint density at radius 3 is 2.23 bits per heavy atom. The quantitative estimate of drug-likeness (QED) is 0.638. The van der Waals surface area contributed by atoms with Crippen molar-refractivity contribution in [2.75, 3.05) is 5.73 Å². The molecule has 0 aliphatic heterocycles. The summed E-state index contributed by atoms with van der Waals surface area (Å²) in [5.41, 5.74) is 9.88. The van der Waals surface area contributed by atoms with Gasteiger partial charge in [-0.2, -0.15) is 0 Å². The van der Waals surface area contributed by atoms with Gasteiger partial charge in [0.05, 0.1) is 0 Å². The maximum atomic E-state index is 5.60. The second-order valence-corrected chi connectivity index (χ2v) is 3.18. The average molecular weight is 172 g/mol. The minimum atomic E-state index is 0.798. The van der Waals surface area contributed by atoms with Crippen molar-refractivity contribution in [1.29, 1.82) is 0 Å². The summed E-state index contributed by atoms with van der Waals surface area (Å²) in [7, 11) is 0. The maximum Gasteiger partial charge on any atom is 0.0456 e. The Labute approximate surface area is 77.4 Å². The first-order valence-electron chi connectivity index (χ1n) is 4.27. The Bertz CT molecular complexity index is 398. The molecule has 0 fully saturated rings. The van der Waals surface area contributed by atoms with Gasteiger partial charge in [-0.15, -0.1) is 0 Å². The molecule has 2 rings (SSSR count). The van der Waals surface area contributed by atoms with E-state index in [0.29, 0.717) is 0 Å². The summed E-state index contributed by atoms with van der Waals surface area (Å²) in [6.07, 6.45) is 0. The number of anilines is 1. The lowest BCUT2D eigenvalue weighted by molar-refractivity contribution is 1.27. The van der Waals surface area contributed by atoms with E-state index >= 15 is 0 Å². The Balaban J connectivity index is 2.41. The second-order valence-electron chi connectivity index (χ2n) is 3.18. The third kappa shape index (κ3) is 1.56. The van der Waals surface area contributed by atoms with Gasteiger partial charge >= 0.3 is 0 Å². The molecule has 2 nitrogen and oxygen atoms in total. The first kappa shape index (κ1) is 7.92. The molecule has 13 heavy (non-hydrogen) atoms. The number of nitrogens with one attached hydrogen (secondary N) is 1. The molecular weight excluding hydrogens is 160 g/mol. The number of aryl methyl sites for hydroxylation is 1. The predicted molar refractivity (Wildman–Crippen MR) is 55.4 cm³/mol. The SMILES string of the molecule is Cc1ccc(-c2ccc(N)cc2)[nH]1. The monoisotopic (exact) mass is 172 g/mol. The molecule has 1 aromatic heterocycles. The Hall–Kier alpha value is -1.70. The smallest absolute Gasteiger partial charge is 0.0456 e. The van der Waals surface area contributed by atoms with Crippen molar-refractivity contribution in [1.82, 2.24) is 4.98 Å². The summed E-state index contributed by atoms with van der Waals surface area (Å²) < 4.78 is 0. The number of H-pyrrole nitrogens is 1. The van der Waals surface area contributed by atoms with Gasteiger partial charge in [-0.05, 0) is 36.8 Å². The van der Waals surface area contributed by atoms with Gasteiger partial charge in [-0.1, -0.05) is 12.1 Å². The van der Waals surface area contributed by atoms with Gasteiger partial charge in [-0.3, -0.25) is 0 Å². The van der Waals surface area contributed by atoms with Crippen LogP contribution in [0.2, 0.25) is 0 Å². The van der Waals surface area contributed by atoms with Crippen LogP contribution in [-0.2, 0) is 0 Å². The molecule has 0 radical (unpaired) electrons. The van der Waals surface area contributed by atoms with Crippen LogP contribution in [0.15, 0.2) is 36.4 Å². The van der Waals surface area contributed by atoms with E-state index in [1.165, 1.54) is 11.3 Å². The molecule has 0 saturated carbocycles. The zero-order valence-electron chi connectivity index (χ0n) is 7.54. The van der Waals surface area contributed by atoms with E-state index < -0.39 is 0 Å². The molecule has 0 spiro atoms. The molecule has 0 atom stereocenters. The summed E-state index contributed by atoms with van der Waals surface area (Å²) in [6.45, 7) is 2.04. The molecular formula is C11H12N2. The van der Waals surface area contributed by atoms with Crippen LogP contribution >= 0.6 is 0 Å². The van der Waals surface area contributed by atoms with E-state index in [1.54, 1.807) is 0 Å². The van der Waals surface area contributed by atoms with Crippen molar-refractivity contribution in [3.8, 4) is 11.3 Å². The fourth-order valence-electron chi connectivity index (χ4n) is 1.34. The largest absolute Gasteiger partial charge is 0.399 e. The highest BCUT2D eigenvalue weighted by atomic mass is 14.7. The zero-order chi connectivity index (χ0) is 9.26. The van der Waals surface area contributed by atoms with Crippen LogP contribution in [0, 0.1) is 6.92 Å². The molecule has 0 bridgehead atoms. The normalized spacial score (nSPS) is 10.2. The zero-order valence-corrected chi connectivity index (χ0v) is 7.54. The van der Waals surface area contributed by atoms with E-state index in [4.69, 9.17) is 5.73 Å². The molecule has 1 heterocycles. The molecule has 0 saturated heterocycles. The summed E-state index contributed by atoms with van der Waals surface area (Å²) in [4.78, 5) is 3.27. The van der Waals surface area contributed by atoms with E-state index in [2.05, 4.69) is 17.1 Å². The van der Waals surface area contributed by atoms with Gasteiger partial charge in [0.2, 0.25) is 0 Å². The van der Waals surface area contributed by atoms with E-state index in [1.807, 2.05) is 31.2 Å². The number of hydrogen-bond acceptors (Lipinski definition) is 1. The summed E-state index contributed by atoms with van der Waals surface area (Å²) in [5, 5.41) is 0. The third-order valence-corrected chi connectivity index (χ3v) is 2.05. The number of benzene rings is 1. The molecule has 3 N–H and O–H groups in total. The number of rotatable bonds is 1. The molecule has 0 aliphatic carbocycles. The number of nitrogen functional groups attached to an aromatic ring is 1. The van der Waals surface area contributed by atoms with Crippen LogP contribution in [-0.4, -0.2) is 4.98 Å². The molecule has 0 amide bonds. The Morgan fingerprint density at radius 1 is 1.00 bits per heavy atom. The van der Waals surface area contributed by atoms with Crippen LogP contribution in [0.3, 0.4) is 0 Å². The van der Waals surface area contributed by atoms with Crippen molar-refractivity contribution in [3.63, 3.8) is 0 Å². The minimum absolute atomic E-state index is 0.798. The molecule has 0 unspecified atom stereocenters. The number of nitrogens with two attached hydrogens (primary N) is 1. The molecule has 2 heteroatoms. The van der Waals surface area contributed by atoms with Gasteiger partial charge in [0.25, 0.3) is 0 Å². The highest BCUT2D eigenvalue weighted by molar-refractivity contribution is 5.62. The number of aromatic amines is 1. The fourth-order valence-corrected chi connectivity index (χ4v) is 1.34. The first-order valence-corrected chi connectivity index (χ1v) is 4.27. The van der Waals surface area contributed by atoms with Gasteiger partial charge in [0, 0.05) is 17.1 Å². The number of aromatic nitrogens is 1. The van der Waals surface area contributed by atoms with Crippen molar-refractivity contribution in [2.24, 2.45) is 0 Å². The minimum Gasteiger partial charge on any atom is -0.399 e. The van der Waals surface area contributed by atoms with E-state index in [0.717, 1.165) is 11.4 Å². The van der Waals surface area contributed by atoms with Crippen LogP contribution in [0.1, 0.15) is 5.69 Å². The lowest BCUT2D eigenvalue weighted by Crippen LogP contribution is -1.83. The van der Waals surface area contributed by atoms with Crippen LogP contribution in [0.4, 0.5) is 5.69 Å². The molecule has 0 aliphatic rings. The molecule has 66 valence electrons. The van der Waals surface area contributed by atoms with Crippen molar-refractivity contribution in [2.45, 2.75) is 6.92 Å². The lowest BCUT2D eigenvalue weighted by Gasteiger charge is -1.98. The van der Waals surface area contributed by atoms with Gasteiger partial charge in [-0.25, -0.2) is 0 Å². The summed E-state index contributed by atoms with van der Waals surface area (Å²) in [5.74, 6) is 0. The first-order chi connectivity index (χ1) is 6.25. The molecule has 2 aromatic rings. The topological polar surface area (TPSA) is 41.8 Å². The Kier molecular flexibility index (Phi) is 1.81. The van der Waals surface area contributed by atoms with Crippen LogP contribution in [0.5, 0.6) is 0 Å². The van der Waals surface area contributed by atoms with Crippen molar-refractivity contribution < 1.29 is 0 Å². The second kappa shape index (κ2) is 2.98. The molecule has 1 aromatic carbocycles. The van der Waals surface area contributed by atoms with E-state index in [-0.39, 0.29) is 0 Å². The maximum absolute atomic E-state index is 5.60. The highest BCUT2D eigenvalue weighted by Crippen LogP contribution is 2.19. The van der Waals surface area contributed by atoms with Crippen molar-refractivity contribution in [3.05, 3.63) is 42.1 Å². The lowest BCUT2D eigenvalue weighted by atomic mass is 10.1. The number of hydrogen-bond donors (Lipinski definition) is 2. The van der Waals surface area contributed by atoms with Crippen LogP contribution < -0.4 is 5.73 Å². The van der Waals surface area contributed by atoms with E-state index in [9.17, 15) is 0 Å². The average Bonchev–Trinajstić information content (AvgIpc) is 2.53. The van der Waals surface area contributed by atoms with Crippen LogP contribution in [0.25, 0.3) is 11.3 Å². The Morgan fingerprint density at radius 2 is 1.69 bits per heavy atom. The van der Waals surface area contributed by atoms with Gasteiger partial charge < -0.3 is 10.7 Å². The summed E-state index contributed by atoms with van der Waals surface area (Å²) >= 11 is 0. The van der Waals surface area contributed by atoms with Gasteiger partial charge in [0.1, 0.15) is 0 Å². The third-order valence-electron chi connectivity index (χ3n) is 2.05. The fraction of sp³-hybridized carbons (Fsp3) is 0.0909. The summed E-state index contributed by atoms with van der Waals surface area (Å²) in [6, 6.07) is 12.0. The standard InChI is InChI=1S/C11H12N2/c1-8-2-7-11(13-8)9-3-5-10(12)6-4-9/h2-7,13H,12H2,1H3. The van der Waals surface area contributed by atoms with Crippen molar-refractivity contribution >= 4 is 5.69 Å². The van der Waals surface area contributed by atoms with Gasteiger partial charge in [0.15, 0.2) is 0 Å².